The van der Waals surface area contributed by atoms with E-state index in [1.54, 1.807) is 0 Å². The van der Waals surface area contributed by atoms with Gasteiger partial charge in [0.25, 0.3) is 0 Å². The molecule has 0 aromatic carbocycles. The van der Waals surface area contributed by atoms with E-state index in [1.165, 1.54) is 70.6 Å². The Kier molecular flexibility index (Phi) is 16.8. The van der Waals surface area contributed by atoms with Crippen LogP contribution in [0.2, 0.25) is 0 Å². The third-order valence-electron chi connectivity index (χ3n) is 3.40. The zero-order valence-electron chi connectivity index (χ0n) is 13.3. The molecule has 1 nitrogen and oxygen atoms in total. The molecule has 0 radical (unpaired) electrons. The van der Waals surface area contributed by atoms with Crippen molar-refractivity contribution in [2.45, 2.75) is 97.3 Å². The largest absolute Gasteiger partial charge is 0.447 e. The molecule has 0 fully saturated rings. The second kappa shape index (κ2) is 17.4. The van der Waals surface area contributed by atoms with Gasteiger partial charge in [-0.15, -0.1) is 0 Å². The highest BCUT2D eigenvalue weighted by atomic mass is 16.5. The first-order valence-electron chi connectivity index (χ1n) is 8.51. The van der Waals surface area contributed by atoms with Crippen molar-refractivity contribution in [2.24, 2.45) is 0 Å². The Morgan fingerprint density at radius 1 is 0.632 bits per heavy atom. The molecule has 0 bridgehead atoms. The van der Waals surface area contributed by atoms with Crippen molar-refractivity contribution in [2.75, 3.05) is 6.61 Å². The summed E-state index contributed by atoms with van der Waals surface area (Å²) < 4.78 is 5.20. The number of hydrogen-bond donors (Lipinski definition) is 0. The zero-order valence-corrected chi connectivity index (χ0v) is 13.3. The average Bonchev–Trinajstić information content (AvgIpc) is 2.43. The van der Waals surface area contributed by atoms with E-state index in [1.807, 2.05) is 0 Å². The van der Waals surface area contributed by atoms with E-state index in [0.29, 0.717) is 0 Å². The predicted molar refractivity (Wildman–Crippen MR) is 85.1 cm³/mol. The quantitative estimate of drug-likeness (QED) is 0.290. The Bertz CT molecular complexity index is 211. The van der Waals surface area contributed by atoms with Gasteiger partial charge < -0.3 is 4.74 Å². The van der Waals surface area contributed by atoms with Gasteiger partial charge in [-0.05, 0) is 12.8 Å². The van der Waals surface area contributed by atoms with Crippen molar-refractivity contribution in [3.63, 3.8) is 0 Å². The SMILES string of the molecule is CCCCCCCCCCCCC#COCCCC. The average molecular weight is 266 g/mol. The number of rotatable bonds is 13. The van der Waals surface area contributed by atoms with Gasteiger partial charge in [0.05, 0.1) is 0 Å². The van der Waals surface area contributed by atoms with Crippen LogP contribution in [0.3, 0.4) is 0 Å². The zero-order chi connectivity index (χ0) is 14.0. The first-order valence-corrected chi connectivity index (χ1v) is 8.51. The van der Waals surface area contributed by atoms with Crippen LogP contribution in [0.15, 0.2) is 0 Å². The Labute approximate surface area is 121 Å². The lowest BCUT2D eigenvalue weighted by atomic mass is 10.1. The molecule has 0 aliphatic heterocycles. The van der Waals surface area contributed by atoms with Crippen LogP contribution in [-0.2, 0) is 4.74 Å². The summed E-state index contributed by atoms with van der Waals surface area (Å²) in [5.74, 6) is 3.10. The van der Waals surface area contributed by atoms with Crippen molar-refractivity contribution < 1.29 is 4.74 Å². The van der Waals surface area contributed by atoms with E-state index in [4.69, 9.17) is 4.74 Å². The van der Waals surface area contributed by atoms with Crippen molar-refractivity contribution in [3.05, 3.63) is 0 Å². The summed E-state index contributed by atoms with van der Waals surface area (Å²) in [5.41, 5.74) is 0. The molecule has 19 heavy (non-hydrogen) atoms. The lowest BCUT2D eigenvalue weighted by Gasteiger charge is -2.00. The second-order valence-corrected chi connectivity index (χ2v) is 5.41. The minimum Gasteiger partial charge on any atom is -0.447 e. The van der Waals surface area contributed by atoms with Gasteiger partial charge in [0.15, 0.2) is 0 Å². The second-order valence-electron chi connectivity index (χ2n) is 5.41. The lowest BCUT2D eigenvalue weighted by molar-refractivity contribution is 0.270. The first kappa shape index (κ1) is 18.4. The van der Waals surface area contributed by atoms with Crippen LogP contribution in [0.4, 0.5) is 0 Å². The molecule has 0 spiro atoms. The molecule has 0 aromatic rings. The van der Waals surface area contributed by atoms with E-state index in [2.05, 4.69) is 25.9 Å². The first-order chi connectivity index (χ1) is 9.41. The van der Waals surface area contributed by atoms with Gasteiger partial charge in [-0.3, -0.25) is 0 Å². The molecule has 112 valence electrons. The highest BCUT2D eigenvalue weighted by molar-refractivity contribution is 4.90. The Hall–Kier alpha value is -0.640. The predicted octanol–water partition coefficient (Wildman–Crippen LogP) is 6.08. The smallest absolute Gasteiger partial charge is 0.110 e. The Balaban J connectivity index is 3.02. The molecule has 0 aliphatic carbocycles. The molecule has 0 unspecified atom stereocenters. The van der Waals surface area contributed by atoms with Gasteiger partial charge >= 0.3 is 0 Å². The van der Waals surface area contributed by atoms with Crippen LogP contribution < -0.4 is 0 Å². The molecule has 0 rings (SSSR count). The van der Waals surface area contributed by atoms with Crippen LogP contribution in [0.5, 0.6) is 0 Å². The highest BCUT2D eigenvalue weighted by Crippen LogP contribution is 2.10. The fourth-order valence-electron chi connectivity index (χ4n) is 2.07. The summed E-state index contributed by atoms with van der Waals surface area (Å²) in [7, 11) is 0. The van der Waals surface area contributed by atoms with Gasteiger partial charge in [0.2, 0.25) is 0 Å². The van der Waals surface area contributed by atoms with Crippen LogP contribution in [-0.4, -0.2) is 6.61 Å². The van der Waals surface area contributed by atoms with Gasteiger partial charge in [-0.2, -0.15) is 0 Å². The molecule has 0 atom stereocenters. The van der Waals surface area contributed by atoms with E-state index in [-0.39, 0.29) is 0 Å². The summed E-state index contributed by atoms with van der Waals surface area (Å²) in [6.07, 6.45) is 20.0. The highest BCUT2D eigenvalue weighted by Gasteiger charge is 1.91. The Morgan fingerprint density at radius 2 is 1.16 bits per heavy atom. The molecule has 0 aliphatic rings. The number of hydrogen-bond acceptors (Lipinski definition) is 1. The fraction of sp³-hybridized carbons (Fsp3) is 0.889. The minimum atomic E-state index is 0.793. The maximum absolute atomic E-state index is 5.20. The molecule has 1 heteroatoms. The Morgan fingerprint density at radius 3 is 1.74 bits per heavy atom. The van der Waals surface area contributed by atoms with Crippen molar-refractivity contribution in [1.82, 2.24) is 0 Å². The fourth-order valence-corrected chi connectivity index (χ4v) is 2.07. The van der Waals surface area contributed by atoms with E-state index >= 15 is 0 Å². The van der Waals surface area contributed by atoms with Crippen LogP contribution >= 0.6 is 0 Å². The van der Waals surface area contributed by atoms with Crippen LogP contribution in [0, 0.1) is 12.0 Å². The summed E-state index contributed by atoms with van der Waals surface area (Å²) in [4.78, 5) is 0. The van der Waals surface area contributed by atoms with Gasteiger partial charge in [0.1, 0.15) is 12.7 Å². The molecule has 0 heterocycles. The summed E-state index contributed by atoms with van der Waals surface area (Å²) >= 11 is 0. The monoisotopic (exact) mass is 266 g/mol. The van der Waals surface area contributed by atoms with Gasteiger partial charge in [-0.1, -0.05) is 84.0 Å². The topological polar surface area (TPSA) is 9.23 Å². The minimum absolute atomic E-state index is 0.793. The summed E-state index contributed by atoms with van der Waals surface area (Å²) in [5, 5.41) is 0. The third kappa shape index (κ3) is 17.4. The van der Waals surface area contributed by atoms with Crippen molar-refractivity contribution >= 4 is 0 Å². The van der Waals surface area contributed by atoms with E-state index in [9.17, 15) is 0 Å². The third-order valence-corrected chi connectivity index (χ3v) is 3.40. The molecule has 0 amide bonds. The normalized spacial score (nSPS) is 10.0. The molecule has 0 aromatic heterocycles. The molecule has 0 N–H and O–H groups in total. The summed E-state index contributed by atoms with van der Waals surface area (Å²) in [6, 6.07) is 0. The van der Waals surface area contributed by atoms with Gasteiger partial charge in [-0.25, -0.2) is 0 Å². The molecule has 0 saturated carbocycles. The van der Waals surface area contributed by atoms with Crippen molar-refractivity contribution in [1.29, 1.82) is 0 Å². The molecular weight excluding hydrogens is 232 g/mol. The van der Waals surface area contributed by atoms with Crippen LogP contribution in [0.1, 0.15) is 97.3 Å². The molecular formula is C18H34O. The number of ether oxygens (including phenoxy) is 1. The van der Waals surface area contributed by atoms with Crippen LogP contribution in [0.25, 0.3) is 0 Å². The van der Waals surface area contributed by atoms with Gasteiger partial charge in [0, 0.05) is 6.42 Å². The van der Waals surface area contributed by atoms with E-state index < -0.39 is 0 Å². The number of unbranched alkanes of at least 4 members (excludes halogenated alkanes) is 11. The molecule has 0 saturated heterocycles. The van der Waals surface area contributed by atoms with Crippen molar-refractivity contribution in [3.8, 4) is 12.0 Å². The standard InChI is InChI=1S/C18H34O/c1-3-5-7-8-9-10-11-12-13-14-15-16-18-19-17-6-4-2/h3-15,17H2,1-2H3. The maximum atomic E-state index is 5.20. The maximum Gasteiger partial charge on any atom is 0.110 e. The lowest BCUT2D eigenvalue weighted by Crippen LogP contribution is -1.85. The summed E-state index contributed by atoms with van der Waals surface area (Å²) in [6.45, 7) is 5.24. The van der Waals surface area contributed by atoms with E-state index in [0.717, 1.165) is 19.4 Å².